The Hall–Kier alpha value is -0.340. The molecule has 0 aromatic heterocycles. The summed E-state index contributed by atoms with van der Waals surface area (Å²) in [5.41, 5.74) is 1.45. The zero-order valence-corrected chi connectivity index (χ0v) is 13.6. The molecule has 2 rings (SSSR count). The van der Waals surface area contributed by atoms with Crippen molar-refractivity contribution in [3.8, 4) is 0 Å². The van der Waals surface area contributed by atoms with Crippen molar-refractivity contribution in [2.45, 2.75) is 57.9 Å². The first-order chi connectivity index (χ1) is 9.31. The lowest BCUT2D eigenvalue weighted by atomic mass is 9.81. The molecular formula is C17H26BrN. The molecule has 1 aliphatic rings. The Kier molecular flexibility index (Phi) is 6.39. The lowest BCUT2D eigenvalue weighted by Gasteiger charge is -2.31. The Bertz CT molecular complexity index is 371. The fourth-order valence-electron chi connectivity index (χ4n) is 3.17. The maximum Gasteiger partial charge on any atom is 0.0207 e. The number of halogens is 1. The normalized spacial score (nSPS) is 18.4. The summed E-state index contributed by atoms with van der Waals surface area (Å²) >= 11 is 3.69. The highest BCUT2D eigenvalue weighted by molar-refractivity contribution is 9.10. The Morgan fingerprint density at radius 3 is 2.63 bits per heavy atom. The molecule has 1 atom stereocenters. The second-order valence-electron chi connectivity index (χ2n) is 5.75. The Labute approximate surface area is 126 Å². The number of nitrogens with one attached hydrogen (secondary N) is 1. The van der Waals surface area contributed by atoms with Crippen molar-refractivity contribution in [3.63, 3.8) is 0 Å². The molecule has 1 aromatic rings. The molecule has 1 N–H and O–H groups in total. The third-order valence-electron chi connectivity index (χ3n) is 4.27. The van der Waals surface area contributed by atoms with Crippen LogP contribution in [0.1, 0.15) is 51.0 Å². The monoisotopic (exact) mass is 323 g/mol. The standard InChI is InChI=1S/C17H26BrN/c1-2-12-19-17(14-8-4-3-5-9-14)13-15-10-6-7-11-16(15)18/h6-7,10-11,14,17,19H,2-5,8-9,12-13H2,1H3. The SMILES string of the molecule is CCCNC(Cc1ccccc1Br)C1CCCCC1. The van der Waals surface area contributed by atoms with E-state index < -0.39 is 0 Å². The largest absolute Gasteiger partial charge is 0.313 e. The van der Waals surface area contributed by atoms with Gasteiger partial charge < -0.3 is 5.32 Å². The van der Waals surface area contributed by atoms with E-state index in [-0.39, 0.29) is 0 Å². The molecular weight excluding hydrogens is 298 g/mol. The van der Waals surface area contributed by atoms with Crippen LogP contribution in [-0.2, 0) is 6.42 Å². The van der Waals surface area contributed by atoms with Gasteiger partial charge in [0.1, 0.15) is 0 Å². The van der Waals surface area contributed by atoms with Crippen LogP contribution in [0.2, 0.25) is 0 Å². The highest BCUT2D eigenvalue weighted by Crippen LogP contribution is 2.29. The van der Waals surface area contributed by atoms with E-state index in [1.54, 1.807) is 0 Å². The Morgan fingerprint density at radius 1 is 1.21 bits per heavy atom. The number of hydrogen-bond acceptors (Lipinski definition) is 1. The van der Waals surface area contributed by atoms with E-state index >= 15 is 0 Å². The van der Waals surface area contributed by atoms with Crippen molar-refractivity contribution < 1.29 is 0 Å². The molecule has 19 heavy (non-hydrogen) atoms. The predicted octanol–water partition coefficient (Wildman–Crippen LogP) is 4.94. The second-order valence-corrected chi connectivity index (χ2v) is 6.61. The zero-order chi connectivity index (χ0) is 13.5. The molecule has 1 nitrogen and oxygen atoms in total. The van der Waals surface area contributed by atoms with Gasteiger partial charge >= 0.3 is 0 Å². The molecule has 1 aliphatic carbocycles. The third-order valence-corrected chi connectivity index (χ3v) is 5.05. The molecule has 0 amide bonds. The van der Waals surface area contributed by atoms with Crippen LogP contribution in [0.3, 0.4) is 0 Å². The van der Waals surface area contributed by atoms with Crippen LogP contribution in [-0.4, -0.2) is 12.6 Å². The smallest absolute Gasteiger partial charge is 0.0207 e. The van der Waals surface area contributed by atoms with Gasteiger partial charge in [-0.05, 0) is 49.8 Å². The molecule has 2 heteroatoms. The zero-order valence-electron chi connectivity index (χ0n) is 12.0. The first-order valence-corrected chi connectivity index (χ1v) is 8.57. The molecule has 0 saturated heterocycles. The van der Waals surface area contributed by atoms with E-state index in [4.69, 9.17) is 0 Å². The summed E-state index contributed by atoms with van der Waals surface area (Å²) in [5, 5.41) is 3.79. The summed E-state index contributed by atoms with van der Waals surface area (Å²) in [6.45, 7) is 3.40. The molecule has 106 valence electrons. The maximum atomic E-state index is 3.79. The van der Waals surface area contributed by atoms with Crippen molar-refractivity contribution in [2.75, 3.05) is 6.54 Å². The lowest BCUT2D eigenvalue weighted by Crippen LogP contribution is -2.39. The van der Waals surface area contributed by atoms with E-state index in [2.05, 4.69) is 52.4 Å². The first-order valence-electron chi connectivity index (χ1n) is 7.78. The van der Waals surface area contributed by atoms with Crippen LogP contribution in [0.5, 0.6) is 0 Å². The fraction of sp³-hybridized carbons (Fsp3) is 0.647. The molecule has 0 radical (unpaired) electrons. The summed E-state index contributed by atoms with van der Waals surface area (Å²) in [6.07, 6.45) is 9.48. The van der Waals surface area contributed by atoms with Gasteiger partial charge in [-0.25, -0.2) is 0 Å². The molecule has 0 spiro atoms. The van der Waals surface area contributed by atoms with Gasteiger partial charge in [0.25, 0.3) is 0 Å². The minimum absolute atomic E-state index is 0.652. The summed E-state index contributed by atoms with van der Waals surface area (Å²) in [6, 6.07) is 9.32. The van der Waals surface area contributed by atoms with Crippen LogP contribution >= 0.6 is 15.9 Å². The molecule has 1 fully saturated rings. The summed E-state index contributed by atoms with van der Waals surface area (Å²) in [7, 11) is 0. The van der Waals surface area contributed by atoms with Crippen LogP contribution in [0.4, 0.5) is 0 Å². The number of benzene rings is 1. The third kappa shape index (κ3) is 4.61. The topological polar surface area (TPSA) is 12.0 Å². The van der Waals surface area contributed by atoms with Crippen molar-refractivity contribution >= 4 is 15.9 Å². The molecule has 0 aliphatic heterocycles. The maximum absolute atomic E-state index is 3.79. The van der Waals surface area contributed by atoms with Gasteiger partial charge in [0.2, 0.25) is 0 Å². The van der Waals surface area contributed by atoms with Crippen LogP contribution in [0.15, 0.2) is 28.7 Å². The first kappa shape index (κ1) is 15.1. The molecule has 1 saturated carbocycles. The van der Waals surface area contributed by atoms with Crippen LogP contribution in [0.25, 0.3) is 0 Å². The molecule has 1 aromatic carbocycles. The van der Waals surface area contributed by atoms with Crippen molar-refractivity contribution in [3.05, 3.63) is 34.3 Å². The van der Waals surface area contributed by atoms with Gasteiger partial charge in [-0.1, -0.05) is 60.3 Å². The van der Waals surface area contributed by atoms with E-state index in [0.29, 0.717) is 6.04 Å². The van der Waals surface area contributed by atoms with E-state index in [1.807, 2.05) is 0 Å². The number of rotatable bonds is 6. The minimum atomic E-state index is 0.652. The van der Waals surface area contributed by atoms with Crippen molar-refractivity contribution in [1.82, 2.24) is 5.32 Å². The average molecular weight is 324 g/mol. The minimum Gasteiger partial charge on any atom is -0.313 e. The van der Waals surface area contributed by atoms with Gasteiger partial charge in [0.05, 0.1) is 0 Å². The van der Waals surface area contributed by atoms with Gasteiger partial charge in [-0.2, -0.15) is 0 Å². The predicted molar refractivity (Wildman–Crippen MR) is 86.5 cm³/mol. The Balaban J connectivity index is 2.02. The van der Waals surface area contributed by atoms with Gasteiger partial charge in [0.15, 0.2) is 0 Å². The summed E-state index contributed by atoms with van der Waals surface area (Å²) in [4.78, 5) is 0. The summed E-state index contributed by atoms with van der Waals surface area (Å²) < 4.78 is 1.26. The van der Waals surface area contributed by atoms with Gasteiger partial charge in [-0.3, -0.25) is 0 Å². The highest BCUT2D eigenvalue weighted by atomic mass is 79.9. The molecule has 0 bridgehead atoms. The van der Waals surface area contributed by atoms with Crippen molar-refractivity contribution in [1.29, 1.82) is 0 Å². The quantitative estimate of drug-likeness (QED) is 0.781. The van der Waals surface area contributed by atoms with Crippen LogP contribution in [0, 0.1) is 5.92 Å². The van der Waals surface area contributed by atoms with E-state index in [9.17, 15) is 0 Å². The number of hydrogen-bond donors (Lipinski definition) is 1. The Morgan fingerprint density at radius 2 is 1.95 bits per heavy atom. The van der Waals surface area contributed by atoms with Crippen LogP contribution < -0.4 is 5.32 Å². The molecule has 1 unspecified atom stereocenters. The van der Waals surface area contributed by atoms with E-state index in [0.717, 1.165) is 18.9 Å². The molecule has 0 heterocycles. The fourth-order valence-corrected chi connectivity index (χ4v) is 3.62. The second kappa shape index (κ2) is 8.06. The lowest BCUT2D eigenvalue weighted by molar-refractivity contribution is 0.267. The summed E-state index contributed by atoms with van der Waals surface area (Å²) in [5.74, 6) is 0.868. The van der Waals surface area contributed by atoms with Crippen molar-refractivity contribution in [2.24, 2.45) is 5.92 Å². The van der Waals surface area contributed by atoms with Gasteiger partial charge in [-0.15, -0.1) is 0 Å². The average Bonchev–Trinajstić information content (AvgIpc) is 2.46. The van der Waals surface area contributed by atoms with E-state index in [1.165, 1.54) is 48.6 Å². The van der Waals surface area contributed by atoms with Gasteiger partial charge in [0, 0.05) is 10.5 Å². The highest BCUT2D eigenvalue weighted by Gasteiger charge is 2.23.